The fourth-order valence-electron chi connectivity index (χ4n) is 27.7. The highest BCUT2D eigenvalue weighted by molar-refractivity contribution is 6.82. The lowest BCUT2D eigenvalue weighted by atomic mass is 9.48. The van der Waals surface area contributed by atoms with E-state index in [-0.39, 0.29) is 11.9 Å². The van der Waals surface area contributed by atoms with E-state index in [1.165, 1.54) is 0 Å². The number of aromatic amines is 1. The van der Waals surface area contributed by atoms with Crippen LogP contribution in [-0.2, 0) is 25.0 Å². The Morgan fingerprint density at radius 1 is 0.430 bits per heavy atom. The molecule has 1 fully saturated rings. The van der Waals surface area contributed by atoms with E-state index in [1.54, 1.807) is 320 Å². The number of fused-ring (bicyclic) bond motifs is 1. The Balaban J connectivity index is 0.863. The molecule has 0 radical (unpaired) electrons. The number of aromatic nitrogens is 1. The van der Waals surface area contributed by atoms with Crippen molar-refractivity contribution in [1.82, 2.24) is 15.2 Å². The highest BCUT2D eigenvalue weighted by atomic mass is 16.5. The van der Waals surface area contributed by atoms with Crippen molar-refractivity contribution in [3.63, 3.8) is 0 Å². The third-order valence-corrected chi connectivity index (χ3v) is 28.5. The number of ether oxygens (including phenoxy) is 3. The number of carbonyl (C=O) groups is 1. The Bertz CT molecular complexity index is 7870. The van der Waals surface area contributed by atoms with Crippen molar-refractivity contribution in [3.05, 3.63) is 58.3 Å². The zero-order chi connectivity index (χ0) is 52.7. The van der Waals surface area contributed by atoms with Crippen LogP contribution in [0.1, 0.15) is 32.7 Å². The topological polar surface area (TPSA) is 75.8 Å². The average Bonchev–Trinajstić information content (AvgIpc) is 1.38. The number of para-hydroxylation sites is 1. The Hall–Kier alpha value is -9.47. The molecule has 35 rings (SSSR count). The molecule has 2 heterocycles. The van der Waals surface area contributed by atoms with E-state index in [2.05, 4.69) is 33.4 Å². The van der Waals surface area contributed by atoms with Gasteiger partial charge in [-0.25, -0.2) is 0 Å². The lowest BCUT2D eigenvalue weighted by Crippen LogP contribution is -2.56. The summed E-state index contributed by atoms with van der Waals surface area (Å²) in [6.07, 6.45) is 0. The quantitative estimate of drug-likeness (QED) is 0.0942. The second kappa shape index (κ2) is 9.29. The number of H-pyrrole nitrogens is 1. The summed E-state index contributed by atoms with van der Waals surface area (Å²) in [6, 6.07) is 10.2. The molecular formula is C79H27N3O4. The molecule has 30 aromatic rings. The molecule has 2 N–H and O–H groups in total. The summed E-state index contributed by atoms with van der Waals surface area (Å²) in [5.74, 6) is -0.0487. The number of carbonyl (C=O) groups excluding carboxylic acids is 1. The molecule has 7 heteroatoms. The van der Waals surface area contributed by atoms with Gasteiger partial charge in [-0.1, -0.05) is 18.2 Å². The minimum Gasteiger partial charge on any atom is -0.382 e. The predicted molar refractivity (Wildman–Crippen MR) is 353 cm³/mol. The Labute approximate surface area is 474 Å². The second-order valence-corrected chi connectivity index (χ2v) is 29.7. The molecular weight excluding hydrogens is 1050 g/mol. The van der Waals surface area contributed by atoms with Gasteiger partial charge in [-0.05, 0) is 325 Å². The largest absolute Gasteiger partial charge is 0.382 e. The molecule has 1 saturated heterocycles. The summed E-state index contributed by atoms with van der Waals surface area (Å²) in [6.45, 7) is 4.78. The van der Waals surface area contributed by atoms with Crippen LogP contribution in [-0.4, -0.2) is 81.6 Å². The normalized spacial score (nSPS) is 21.7. The first kappa shape index (κ1) is 36.4. The maximum absolute atomic E-state index is 14.6. The van der Waals surface area contributed by atoms with Crippen LogP contribution in [0.4, 0.5) is 0 Å². The maximum atomic E-state index is 14.6. The molecule has 5 aliphatic rings. The molecule has 1 unspecified atom stereocenters. The summed E-state index contributed by atoms with van der Waals surface area (Å²) in [5.41, 5.74) is 7.31. The van der Waals surface area contributed by atoms with Crippen LogP contribution in [0.3, 0.4) is 0 Å². The van der Waals surface area contributed by atoms with E-state index in [0.717, 1.165) is 17.4 Å². The zero-order valence-corrected chi connectivity index (χ0v) is 45.2. The van der Waals surface area contributed by atoms with Gasteiger partial charge in [0.2, 0.25) is 0 Å². The number of methoxy groups -OCH3 is 1. The Kier molecular flexibility index (Phi) is 3.93. The first-order chi connectivity index (χ1) is 42.7. The second-order valence-electron chi connectivity index (χ2n) is 29.7. The molecule has 1 aromatic heterocycles. The first-order valence-electron chi connectivity index (χ1n) is 31.8. The lowest BCUT2D eigenvalue weighted by Gasteiger charge is -2.52. The van der Waals surface area contributed by atoms with Crippen LogP contribution in [0.2, 0.25) is 0 Å². The summed E-state index contributed by atoms with van der Waals surface area (Å²) in [7, 11) is 1.75. The molecule has 4 aliphatic carbocycles. The number of nitrogens with zero attached hydrogens (tertiary/aromatic N) is 1. The third kappa shape index (κ3) is 2.32. The molecule has 86 heavy (non-hydrogen) atoms. The number of rotatable bonds is 12. The molecule has 382 valence electrons. The number of nitrogens with one attached hydrogen (secondary N) is 2. The van der Waals surface area contributed by atoms with Crippen LogP contribution in [0.5, 0.6) is 0 Å². The Morgan fingerprint density at radius 3 is 1.09 bits per heavy atom. The fourth-order valence-corrected chi connectivity index (χ4v) is 27.7. The molecule has 0 saturated carbocycles. The van der Waals surface area contributed by atoms with Gasteiger partial charge in [0.25, 0.3) is 5.91 Å². The SMILES string of the molecule is COCCOCCOCC1N(CCNC(=O)c2cc3ccccc3[nH]2)CC23c4c5c6c7c8c9c(c%10c%11c2c2c4c4c%12c5c5c6c6c8c8c%13c9c9c%10c%10c%11c%11c2c2c4c4c%12c%12c5c5c6c8c6c8c%13c9c9c%10c%10c%11c2c2c4c4c%12c5c6c5c8c9c%10c2c45)C713. The monoisotopic (exact) mass is 1080 g/mol. The highest BCUT2D eigenvalue weighted by Gasteiger charge is 2.76. The smallest absolute Gasteiger partial charge is 0.267 e. The van der Waals surface area contributed by atoms with E-state index in [4.69, 9.17) is 14.2 Å². The van der Waals surface area contributed by atoms with Crippen LogP contribution >= 0.6 is 0 Å². The van der Waals surface area contributed by atoms with E-state index >= 15 is 0 Å². The molecule has 2 spiro atoms. The van der Waals surface area contributed by atoms with E-state index < -0.39 is 10.8 Å². The van der Waals surface area contributed by atoms with Crippen LogP contribution in [0, 0.1) is 0 Å². The van der Waals surface area contributed by atoms with Crippen molar-refractivity contribution in [3.8, 4) is 0 Å². The maximum Gasteiger partial charge on any atom is 0.267 e. The van der Waals surface area contributed by atoms with E-state index in [9.17, 15) is 4.79 Å². The number of hydrogen-bond acceptors (Lipinski definition) is 5. The molecule has 7 nitrogen and oxygen atoms in total. The minimum atomic E-state index is -0.504. The summed E-state index contributed by atoms with van der Waals surface area (Å²) in [4.78, 5) is 20.9. The number of likely N-dealkylation sites (tertiary alicyclic amines) is 1. The van der Waals surface area contributed by atoms with Gasteiger partial charge in [0.15, 0.2) is 0 Å². The number of amides is 1. The van der Waals surface area contributed by atoms with Gasteiger partial charge in [0, 0.05) is 43.7 Å². The molecule has 1 atom stereocenters. The van der Waals surface area contributed by atoms with Crippen molar-refractivity contribution < 1.29 is 19.0 Å². The van der Waals surface area contributed by atoms with Gasteiger partial charge in [-0.15, -0.1) is 0 Å². The van der Waals surface area contributed by atoms with Crippen LogP contribution in [0.25, 0.3) is 302 Å². The molecule has 0 bridgehead atoms. The van der Waals surface area contributed by atoms with Gasteiger partial charge >= 0.3 is 0 Å². The number of hydrogen-bond donors (Lipinski definition) is 2. The van der Waals surface area contributed by atoms with Gasteiger partial charge in [-0.3, -0.25) is 9.69 Å². The van der Waals surface area contributed by atoms with Crippen LogP contribution < -0.4 is 5.32 Å². The van der Waals surface area contributed by atoms with E-state index in [0.29, 0.717) is 51.8 Å². The van der Waals surface area contributed by atoms with Crippen molar-refractivity contribution in [1.29, 1.82) is 0 Å². The van der Waals surface area contributed by atoms with Gasteiger partial charge in [0.1, 0.15) is 5.69 Å². The first-order valence-corrected chi connectivity index (χ1v) is 31.8. The highest BCUT2D eigenvalue weighted by Crippen LogP contribution is 2.86. The van der Waals surface area contributed by atoms with Crippen molar-refractivity contribution in [2.24, 2.45) is 0 Å². The minimum absolute atomic E-state index is 0.0487. The summed E-state index contributed by atoms with van der Waals surface area (Å²) in [5, 5.41) is 91.6. The Morgan fingerprint density at radius 2 is 0.744 bits per heavy atom. The molecule has 1 aliphatic heterocycles. The average molecular weight is 1080 g/mol. The standard InChI is InChI=1S/C79H27N3O4/c1-84-8-9-85-10-11-86-13-18-79-75-69-63-53-41-33-25-21-19-20-23-27(25)35(41)45-39-31(23)32-24(20)28-26-22(19)30-29(21)37-43(33)51-57-47(37)48-38(30)44-34(26)42-36(28)46-40(32)50-49(39)61(55(45)63)71(75)72-62(50)56(46)64-54(42)60-52(44)58(48)66-65(57)73(67(69)59(51)53)78(79,74(66)68(60)70(64)76(72)79)14-82(18)7-6-80-77(83)17-12-15-4-2-3-5-16(15)81-17/h2-5,12,18,81H,6-11,13-14H2,1H3,(H,80,83). The lowest BCUT2D eigenvalue weighted by molar-refractivity contribution is 0.00523. The van der Waals surface area contributed by atoms with Crippen LogP contribution in [0.15, 0.2) is 30.3 Å². The van der Waals surface area contributed by atoms with Crippen molar-refractivity contribution in [2.75, 3.05) is 59.8 Å². The molecule has 29 aromatic carbocycles. The van der Waals surface area contributed by atoms with E-state index in [1.807, 2.05) is 12.1 Å². The van der Waals surface area contributed by atoms with Crippen molar-refractivity contribution in [2.45, 2.75) is 16.9 Å². The summed E-state index contributed by atoms with van der Waals surface area (Å²) < 4.78 is 19.1. The fraction of sp³-hybridized carbons (Fsp3) is 0.152. The summed E-state index contributed by atoms with van der Waals surface area (Å²) >= 11 is 0. The van der Waals surface area contributed by atoms with Gasteiger partial charge in [0.05, 0.1) is 43.9 Å². The van der Waals surface area contributed by atoms with Crippen molar-refractivity contribution >= 4 is 308 Å². The molecule has 1 amide bonds. The predicted octanol–water partition coefficient (Wildman–Crippen LogP) is 17.6. The number of benzene rings is 19. The van der Waals surface area contributed by atoms with Gasteiger partial charge < -0.3 is 24.5 Å². The van der Waals surface area contributed by atoms with Gasteiger partial charge in [-0.2, -0.15) is 0 Å². The zero-order valence-electron chi connectivity index (χ0n) is 45.2. The third-order valence-electron chi connectivity index (χ3n) is 28.5.